The first-order valence-corrected chi connectivity index (χ1v) is 5.30. The number of aromatic hydroxyl groups is 4. The predicted octanol–water partition coefficient (Wildman–Crippen LogP) is 2.56. The van der Waals surface area contributed by atoms with E-state index in [1.807, 2.05) is 0 Å². The van der Waals surface area contributed by atoms with Crippen LogP contribution in [0.3, 0.4) is 0 Å². The number of benzene rings is 2. The fraction of sp³-hybridized carbons (Fsp3) is 0.0769. The Morgan fingerprint density at radius 3 is 2.17 bits per heavy atom. The first-order chi connectivity index (χ1) is 8.50. The van der Waals surface area contributed by atoms with Crippen LogP contribution in [-0.2, 0) is 0 Å². The Morgan fingerprint density at radius 1 is 0.778 bits per heavy atom. The van der Waals surface area contributed by atoms with Gasteiger partial charge < -0.3 is 25.7 Å². The van der Waals surface area contributed by atoms with Crippen LogP contribution < -0.4 is 5.32 Å². The van der Waals surface area contributed by atoms with E-state index in [0.29, 0.717) is 11.3 Å². The summed E-state index contributed by atoms with van der Waals surface area (Å²) in [5.74, 6) is -1.43. The number of rotatable bonds is 2. The van der Waals surface area contributed by atoms with Crippen molar-refractivity contribution in [1.29, 1.82) is 0 Å². The van der Waals surface area contributed by atoms with Crippen LogP contribution in [0.2, 0.25) is 0 Å². The molecule has 2 rings (SSSR count). The van der Waals surface area contributed by atoms with Crippen LogP contribution in [0.4, 0.5) is 11.4 Å². The molecule has 0 aliphatic carbocycles. The third-order valence-corrected chi connectivity index (χ3v) is 2.64. The van der Waals surface area contributed by atoms with Crippen molar-refractivity contribution in [3.8, 4) is 23.0 Å². The zero-order chi connectivity index (χ0) is 13.3. The SMILES string of the molecule is Cc1cccc(Nc2ccc(O)c(O)c2O)c1O. The van der Waals surface area contributed by atoms with E-state index in [9.17, 15) is 20.4 Å². The molecule has 0 fully saturated rings. The van der Waals surface area contributed by atoms with E-state index in [1.54, 1.807) is 25.1 Å². The van der Waals surface area contributed by atoms with Gasteiger partial charge in [0.15, 0.2) is 11.5 Å². The quantitative estimate of drug-likeness (QED) is 0.415. The molecule has 18 heavy (non-hydrogen) atoms. The molecule has 94 valence electrons. The monoisotopic (exact) mass is 247 g/mol. The second kappa shape index (κ2) is 4.37. The van der Waals surface area contributed by atoms with Gasteiger partial charge in [-0.2, -0.15) is 0 Å². The molecule has 0 spiro atoms. The highest BCUT2D eigenvalue weighted by molar-refractivity contribution is 5.75. The highest BCUT2D eigenvalue weighted by Crippen LogP contribution is 2.42. The molecule has 0 aromatic heterocycles. The minimum Gasteiger partial charge on any atom is -0.505 e. The third-order valence-electron chi connectivity index (χ3n) is 2.64. The summed E-state index contributed by atoms with van der Waals surface area (Å²) in [4.78, 5) is 0. The number of hydrogen-bond acceptors (Lipinski definition) is 5. The Hall–Kier alpha value is -2.56. The molecule has 0 aliphatic heterocycles. The lowest BCUT2D eigenvalue weighted by Gasteiger charge is -2.12. The highest BCUT2D eigenvalue weighted by Gasteiger charge is 2.12. The van der Waals surface area contributed by atoms with Crippen molar-refractivity contribution in [2.45, 2.75) is 6.92 Å². The molecule has 5 N–H and O–H groups in total. The Bertz CT molecular complexity index is 596. The number of anilines is 2. The summed E-state index contributed by atoms with van der Waals surface area (Å²) in [6.45, 7) is 1.74. The van der Waals surface area contributed by atoms with Gasteiger partial charge in [0.1, 0.15) is 5.75 Å². The molecule has 0 saturated carbocycles. The average Bonchev–Trinajstić information content (AvgIpc) is 2.35. The second-order valence-corrected chi connectivity index (χ2v) is 3.93. The molecule has 0 radical (unpaired) electrons. The smallest absolute Gasteiger partial charge is 0.202 e. The molecule has 0 unspecified atom stereocenters. The maximum absolute atomic E-state index is 9.82. The molecule has 0 saturated heterocycles. The van der Waals surface area contributed by atoms with Gasteiger partial charge in [-0.15, -0.1) is 0 Å². The van der Waals surface area contributed by atoms with E-state index >= 15 is 0 Å². The normalized spacial score (nSPS) is 10.3. The zero-order valence-electron chi connectivity index (χ0n) is 9.68. The molecule has 0 heterocycles. The number of aryl methyl sites for hydroxylation is 1. The van der Waals surface area contributed by atoms with Crippen LogP contribution in [0.25, 0.3) is 0 Å². The van der Waals surface area contributed by atoms with Crippen LogP contribution >= 0.6 is 0 Å². The van der Waals surface area contributed by atoms with E-state index in [4.69, 9.17) is 0 Å². The summed E-state index contributed by atoms with van der Waals surface area (Å²) < 4.78 is 0. The van der Waals surface area contributed by atoms with Gasteiger partial charge in [-0.25, -0.2) is 0 Å². The molecule has 0 atom stereocenters. The van der Waals surface area contributed by atoms with Gasteiger partial charge in [-0.3, -0.25) is 0 Å². The van der Waals surface area contributed by atoms with Gasteiger partial charge in [-0.05, 0) is 30.7 Å². The van der Waals surface area contributed by atoms with Crippen molar-refractivity contribution in [3.05, 3.63) is 35.9 Å². The second-order valence-electron chi connectivity index (χ2n) is 3.93. The first-order valence-electron chi connectivity index (χ1n) is 5.30. The lowest BCUT2D eigenvalue weighted by Crippen LogP contribution is -1.92. The van der Waals surface area contributed by atoms with E-state index in [-0.39, 0.29) is 11.4 Å². The van der Waals surface area contributed by atoms with Gasteiger partial charge in [0.2, 0.25) is 5.75 Å². The molecule has 2 aromatic carbocycles. The first kappa shape index (κ1) is 11.9. The molecule has 0 amide bonds. The minimum atomic E-state index is -0.604. The topological polar surface area (TPSA) is 93.0 Å². The minimum absolute atomic E-state index is 0.0597. The van der Waals surface area contributed by atoms with Gasteiger partial charge in [0.05, 0.1) is 11.4 Å². The zero-order valence-corrected chi connectivity index (χ0v) is 9.68. The number of phenols is 4. The van der Waals surface area contributed by atoms with Crippen molar-refractivity contribution < 1.29 is 20.4 Å². The maximum Gasteiger partial charge on any atom is 0.202 e. The van der Waals surface area contributed by atoms with Crippen LogP contribution in [0, 0.1) is 6.92 Å². The number of para-hydroxylation sites is 1. The Morgan fingerprint density at radius 2 is 1.44 bits per heavy atom. The van der Waals surface area contributed by atoms with Gasteiger partial charge in [0, 0.05) is 0 Å². The summed E-state index contributed by atoms with van der Waals surface area (Å²) in [5, 5.41) is 40.8. The molecule has 2 aromatic rings. The fourth-order valence-corrected chi connectivity index (χ4v) is 1.57. The van der Waals surface area contributed by atoms with Crippen molar-refractivity contribution >= 4 is 11.4 Å². The summed E-state index contributed by atoms with van der Waals surface area (Å²) in [6, 6.07) is 7.76. The van der Waals surface area contributed by atoms with E-state index in [0.717, 1.165) is 0 Å². The van der Waals surface area contributed by atoms with Crippen molar-refractivity contribution in [2.24, 2.45) is 0 Å². The Balaban J connectivity index is 2.41. The predicted molar refractivity (Wildman–Crippen MR) is 67.6 cm³/mol. The lowest BCUT2D eigenvalue weighted by molar-refractivity contribution is 0.369. The molecule has 0 aliphatic rings. The van der Waals surface area contributed by atoms with E-state index in [1.165, 1.54) is 12.1 Å². The van der Waals surface area contributed by atoms with E-state index in [2.05, 4.69) is 5.32 Å². The van der Waals surface area contributed by atoms with Crippen LogP contribution in [-0.4, -0.2) is 20.4 Å². The third kappa shape index (κ3) is 1.98. The van der Waals surface area contributed by atoms with Gasteiger partial charge in [0.25, 0.3) is 0 Å². The molecule has 5 nitrogen and oxygen atoms in total. The number of nitrogens with one attached hydrogen (secondary N) is 1. The van der Waals surface area contributed by atoms with Gasteiger partial charge in [-0.1, -0.05) is 12.1 Å². The summed E-state index contributed by atoms with van der Waals surface area (Å²) >= 11 is 0. The standard InChI is InChI=1S/C13H13NO4/c1-7-3-2-4-8(11(7)16)14-9-5-6-10(15)13(18)12(9)17/h2-6,14-18H,1H3. The summed E-state index contributed by atoms with van der Waals surface area (Å²) in [7, 11) is 0. The van der Waals surface area contributed by atoms with Crippen molar-refractivity contribution in [3.63, 3.8) is 0 Å². The lowest BCUT2D eigenvalue weighted by atomic mass is 10.2. The van der Waals surface area contributed by atoms with Crippen LogP contribution in [0.1, 0.15) is 5.56 Å². The molecule has 5 heteroatoms. The fourth-order valence-electron chi connectivity index (χ4n) is 1.57. The van der Waals surface area contributed by atoms with Crippen LogP contribution in [0.5, 0.6) is 23.0 Å². The molecule has 0 bridgehead atoms. The molecular weight excluding hydrogens is 234 g/mol. The largest absolute Gasteiger partial charge is 0.505 e. The summed E-state index contributed by atoms with van der Waals surface area (Å²) in [6.07, 6.45) is 0. The Labute approximate surface area is 104 Å². The van der Waals surface area contributed by atoms with Gasteiger partial charge >= 0.3 is 0 Å². The van der Waals surface area contributed by atoms with Crippen molar-refractivity contribution in [1.82, 2.24) is 0 Å². The summed E-state index contributed by atoms with van der Waals surface area (Å²) in [5.41, 5.74) is 1.27. The number of hydrogen-bond donors (Lipinski definition) is 5. The van der Waals surface area contributed by atoms with E-state index < -0.39 is 17.2 Å². The van der Waals surface area contributed by atoms with Crippen molar-refractivity contribution in [2.75, 3.05) is 5.32 Å². The molecular formula is C13H13NO4. The maximum atomic E-state index is 9.82. The Kier molecular flexibility index (Phi) is 2.89. The number of phenolic OH excluding ortho intramolecular Hbond substituents is 4. The highest BCUT2D eigenvalue weighted by atomic mass is 16.3. The average molecular weight is 247 g/mol. The van der Waals surface area contributed by atoms with Crippen LogP contribution in [0.15, 0.2) is 30.3 Å².